The Morgan fingerprint density at radius 2 is 2.18 bits per heavy atom. The zero-order valence-corrected chi connectivity index (χ0v) is 8.34. The van der Waals surface area contributed by atoms with E-state index in [1.165, 1.54) is 12.1 Å². The Balaban J connectivity index is 2.91. The zero-order valence-electron chi connectivity index (χ0n) is 8.34. The lowest BCUT2D eigenvalue weighted by molar-refractivity contribution is -0.384. The molecule has 17 heavy (non-hydrogen) atoms. The molecule has 84 valence electrons. The van der Waals surface area contributed by atoms with Crippen molar-refractivity contribution in [1.82, 2.24) is 0 Å². The van der Waals surface area contributed by atoms with Gasteiger partial charge in [0.25, 0.3) is 5.69 Å². The van der Waals surface area contributed by atoms with Crippen molar-refractivity contribution < 1.29 is 9.34 Å². The molecule has 1 aromatic heterocycles. The molecule has 2 N–H and O–H groups in total. The third kappa shape index (κ3) is 1.57. The molecule has 0 radical (unpaired) electrons. The number of anilines is 1. The molecule has 0 saturated heterocycles. The van der Waals surface area contributed by atoms with Crippen LogP contribution in [-0.4, -0.2) is 4.92 Å². The van der Waals surface area contributed by atoms with Gasteiger partial charge in [0, 0.05) is 12.1 Å². The van der Waals surface area contributed by atoms with Crippen LogP contribution in [0.4, 0.5) is 11.6 Å². The molecule has 0 amide bonds. The maximum atomic E-state index is 11.8. The van der Waals surface area contributed by atoms with Crippen molar-refractivity contribution in [3.63, 3.8) is 0 Å². The second-order valence-corrected chi connectivity index (χ2v) is 3.22. The second-order valence-electron chi connectivity index (χ2n) is 3.22. The van der Waals surface area contributed by atoms with E-state index in [0.717, 1.165) is 6.07 Å². The van der Waals surface area contributed by atoms with Crippen LogP contribution in [0.5, 0.6) is 0 Å². The van der Waals surface area contributed by atoms with E-state index in [-0.39, 0.29) is 28.1 Å². The van der Waals surface area contributed by atoms with Gasteiger partial charge in [0.15, 0.2) is 5.56 Å². The number of hydrogen-bond acceptors (Lipinski definition) is 6. The molecule has 0 aliphatic heterocycles. The van der Waals surface area contributed by atoms with E-state index in [1.807, 2.05) is 0 Å². The number of nitrogens with zero attached hydrogens (tertiary/aromatic N) is 2. The topological polar surface area (TPSA) is 123 Å². The van der Waals surface area contributed by atoms with Gasteiger partial charge in [0.2, 0.25) is 11.3 Å². The molecule has 2 aromatic rings. The minimum absolute atomic E-state index is 0.0371. The second kappa shape index (κ2) is 3.61. The minimum Gasteiger partial charge on any atom is -0.439 e. The Labute approximate surface area is 93.8 Å². The van der Waals surface area contributed by atoms with E-state index >= 15 is 0 Å². The quantitative estimate of drug-likeness (QED) is 0.580. The maximum absolute atomic E-state index is 11.8. The average molecular weight is 231 g/mol. The van der Waals surface area contributed by atoms with Gasteiger partial charge in [-0.1, -0.05) is 0 Å². The van der Waals surface area contributed by atoms with E-state index in [2.05, 4.69) is 0 Å². The van der Waals surface area contributed by atoms with Crippen molar-refractivity contribution in [3.8, 4) is 6.07 Å². The Morgan fingerprint density at radius 1 is 1.47 bits per heavy atom. The first-order chi connectivity index (χ1) is 8.04. The summed E-state index contributed by atoms with van der Waals surface area (Å²) in [4.78, 5) is 21.7. The number of non-ortho nitro benzene ring substituents is 1. The highest BCUT2D eigenvalue weighted by atomic mass is 16.6. The van der Waals surface area contributed by atoms with Gasteiger partial charge < -0.3 is 10.2 Å². The van der Waals surface area contributed by atoms with Crippen LogP contribution >= 0.6 is 0 Å². The van der Waals surface area contributed by atoms with Crippen molar-refractivity contribution in [2.45, 2.75) is 0 Å². The maximum Gasteiger partial charge on any atom is 0.270 e. The SMILES string of the molecule is N#Cc1c(N)oc2ccc([N+](=O)[O-])cc2c1=O. The number of nitro groups is 1. The Hall–Kier alpha value is -2.88. The zero-order chi connectivity index (χ0) is 12.6. The van der Waals surface area contributed by atoms with Crippen molar-refractivity contribution in [2.24, 2.45) is 0 Å². The van der Waals surface area contributed by atoms with Crippen LogP contribution < -0.4 is 11.2 Å². The lowest BCUT2D eigenvalue weighted by Crippen LogP contribution is -2.09. The minimum atomic E-state index is -0.671. The lowest BCUT2D eigenvalue weighted by atomic mass is 10.1. The standard InChI is InChI=1S/C10H5N3O4/c11-4-7-9(14)6-3-5(13(15)16)1-2-8(6)17-10(7)12/h1-3H,12H2. The summed E-state index contributed by atoms with van der Waals surface area (Å²) >= 11 is 0. The number of benzene rings is 1. The molecule has 2 rings (SSSR count). The molecule has 0 spiro atoms. The van der Waals surface area contributed by atoms with Crippen molar-refractivity contribution in [2.75, 3.05) is 5.73 Å². The molecule has 0 bridgehead atoms. The first-order valence-corrected chi connectivity index (χ1v) is 4.45. The number of nitro benzene ring substituents is 1. The lowest BCUT2D eigenvalue weighted by Gasteiger charge is -2.00. The fourth-order valence-electron chi connectivity index (χ4n) is 1.42. The molecule has 0 aliphatic rings. The number of nitrogen functional groups attached to an aromatic ring is 1. The summed E-state index contributed by atoms with van der Waals surface area (Å²) in [6.45, 7) is 0. The largest absolute Gasteiger partial charge is 0.439 e. The molecular formula is C10H5N3O4. The molecular weight excluding hydrogens is 226 g/mol. The van der Waals surface area contributed by atoms with Gasteiger partial charge in [0.1, 0.15) is 11.7 Å². The molecule has 0 fully saturated rings. The van der Waals surface area contributed by atoms with E-state index in [9.17, 15) is 14.9 Å². The third-order valence-electron chi connectivity index (χ3n) is 2.22. The molecule has 1 heterocycles. The number of nitriles is 1. The van der Waals surface area contributed by atoms with Crippen LogP contribution in [0.15, 0.2) is 27.4 Å². The Morgan fingerprint density at radius 3 is 2.76 bits per heavy atom. The van der Waals surface area contributed by atoms with Crippen molar-refractivity contribution in [1.29, 1.82) is 5.26 Å². The highest BCUT2D eigenvalue weighted by Crippen LogP contribution is 2.21. The molecule has 0 atom stereocenters. The number of nitrogens with two attached hydrogens (primary N) is 1. The summed E-state index contributed by atoms with van der Waals surface area (Å²) in [6, 6.07) is 5.12. The summed E-state index contributed by atoms with van der Waals surface area (Å²) < 4.78 is 5.03. The van der Waals surface area contributed by atoms with Crippen LogP contribution in [0.1, 0.15) is 5.56 Å². The van der Waals surface area contributed by atoms with Crippen LogP contribution in [0.3, 0.4) is 0 Å². The van der Waals surface area contributed by atoms with Crippen molar-refractivity contribution in [3.05, 3.63) is 44.1 Å². The molecule has 0 unspecified atom stereocenters. The van der Waals surface area contributed by atoms with Gasteiger partial charge in [-0.15, -0.1) is 0 Å². The van der Waals surface area contributed by atoms with E-state index in [4.69, 9.17) is 15.4 Å². The molecule has 0 aliphatic carbocycles. The first-order valence-electron chi connectivity index (χ1n) is 4.45. The highest BCUT2D eigenvalue weighted by molar-refractivity contribution is 5.81. The molecule has 0 saturated carbocycles. The van der Waals surface area contributed by atoms with Gasteiger partial charge in [-0.05, 0) is 6.07 Å². The monoisotopic (exact) mass is 231 g/mol. The fourth-order valence-corrected chi connectivity index (χ4v) is 1.42. The van der Waals surface area contributed by atoms with E-state index < -0.39 is 10.4 Å². The molecule has 7 heteroatoms. The Bertz CT molecular complexity index is 727. The van der Waals surface area contributed by atoms with Gasteiger partial charge >= 0.3 is 0 Å². The smallest absolute Gasteiger partial charge is 0.270 e. The summed E-state index contributed by atoms with van der Waals surface area (Å²) in [5, 5.41) is 19.2. The summed E-state index contributed by atoms with van der Waals surface area (Å²) in [5.41, 5.74) is 4.21. The van der Waals surface area contributed by atoms with Crippen LogP contribution in [0.2, 0.25) is 0 Å². The van der Waals surface area contributed by atoms with Crippen LogP contribution in [0, 0.1) is 21.4 Å². The van der Waals surface area contributed by atoms with E-state index in [0.29, 0.717) is 0 Å². The average Bonchev–Trinajstić information content (AvgIpc) is 2.29. The van der Waals surface area contributed by atoms with E-state index in [1.54, 1.807) is 6.07 Å². The third-order valence-corrected chi connectivity index (χ3v) is 2.22. The van der Waals surface area contributed by atoms with Gasteiger partial charge in [-0.3, -0.25) is 14.9 Å². The molecule has 7 nitrogen and oxygen atoms in total. The summed E-state index contributed by atoms with van der Waals surface area (Å²) in [5.74, 6) is -0.293. The van der Waals surface area contributed by atoms with Crippen molar-refractivity contribution >= 4 is 22.5 Å². The predicted octanol–water partition coefficient (Wildman–Crippen LogP) is 1.16. The highest BCUT2D eigenvalue weighted by Gasteiger charge is 2.15. The predicted molar refractivity (Wildman–Crippen MR) is 58.3 cm³/mol. The van der Waals surface area contributed by atoms with Gasteiger partial charge in [0.05, 0.1) is 10.3 Å². The number of hydrogen-bond donors (Lipinski definition) is 1. The van der Waals surface area contributed by atoms with Crippen LogP contribution in [0.25, 0.3) is 11.0 Å². The summed E-state index contributed by atoms with van der Waals surface area (Å²) in [6.07, 6.45) is 0. The normalized spacial score (nSPS) is 10.1. The fraction of sp³-hybridized carbons (Fsp3) is 0. The van der Waals surface area contributed by atoms with Gasteiger partial charge in [-0.2, -0.15) is 5.26 Å². The number of fused-ring (bicyclic) bond motifs is 1. The van der Waals surface area contributed by atoms with Crippen LogP contribution in [-0.2, 0) is 0 Å². The summed E-state index contributed by atoms with van der Waals surface area (Å²) in [7, 11) is 0. The number of rotatable bonds is 1. The van der Waals surface area contributed by atoms with Gasteiger partial charge in [-0.25, -0.2) is 0 Å². The Kier molecular flexibility index (Phi) is 2.25. The molecule has 1 aromatic carbocycles. The first kappa shape index (κ1) is 10.6.